The van der Waals surface area contributed by atoms with Gasteiger partial charge in [-0.15, -0.1) is 0 Å². The highest BCUT2D eigenvalue weighted by molar-refractivity contribution is 7.92. The largest absolute Gasteiger partial charge is 0.497 e. The standard InChI is InChI=1S/C14H15NO4S/c1-18-12-7-5-6-11(10-12)15-20(16,17)14-9-4-3-8-13(14)19-2/h3-10,15H,1-2H3. The summed E-state index contributed by atoms with van der Waals surface area (Å²) in [6.45, 7) is 0. The van der Waals surface area contributed by atoms with Crippen LogP contribution in [0.5, 0.6) is 11.5 Å². The molecule has 0 atom stereocenters. The van der Waals surface area contributed by atoms with Gasteiger partial charge in [-0.1, -0.05) is 18.2 Å². The van der Waals surface area contributed by atoms with E-state index in [1.165, 1.54) is 20.3 Å². The van der Waals surface area contributed by atoms with Crippen LogP contribution in [0, 0.1) is 0 Å². The zero-order valence-electron chi connectivity index (χ0n) is 11.2. The average molecular weight is 293 g/mol. The van der Waals surface area contributed by atoms with Gasteiger partial charge in [0.05, 0.1) is 19.9 Å². The van der Waals surface area contributed by atoms with Crippen LogP contribution in [-0.4, -0.2) is 22.6 Å². The summed E-state index contributed by atoms with van der Waals surface area (Å²) in [6, 6.07) is 13.1. The second-order valence-electron chi connectivity index (χ2n) is 3.99. The molecule has 0 fully saturated rings. The van der Waals surface area contributed by atoms with Gasteiger partial charge >= 0.3 is 0 Å². The molecule has 2 aromatic rings. The Bertz CT molecular complexity index is 698. The van der Waals surface area contributed by atoms with Crippen molar-refractivity contribution in [2.75, 3.05) is 18.9 Å². The normalized spacial score (nSPS) is 10.9. The first-order valence-electron chi connectivity index (χ1n) is 5.87. The highest BCUT2D eigenvalue weighted by atomic mass is 32.2. The number of benzene rings is 2. The molecule has 0 unspecified atom stereocenters. The molecule has 20 heavy (non-hydrogen) atoms. The van der Waals surface area contributed by atoms with Gasteiger partial charge in [0.1, 0.15) is 16.4 Å². The van der Waals surface area contributed by atoms with Crippen LogP contribution in [0.3, 0.4) is 0 Å². The lowest BCUT2D eigenvalue weighted by molar-refractivity contribution is 0.403. The van der Waals surface area contributed by atoms with E-state index < -0.39 is 10.0 Å². The summed E-state index contributed by atoms with van der Waals surface area (Å²) in [7, 11) is -0.760. The molecular weight excluding hydrogens is 278 g/mol. The van der Waals surface area contributed by atoms with E-state index in [-0.39, 0.29) is 4.90 Å². The van der Waals surface area contributed by atoms with Gasteiger partial charge in [-0.25, -0.2) is 8.42 Å². The molecule has 0 amide bonds. The van der Waals surface area contributed by atoms with E-state index in [4.69, 9.17) is 9.47 Å². The first kappa shape index (κ1) is 14.2. The second kappa shape index (κ2) is 5.83. The van der Waals surface area contributed by atoms with Crippen LogP contribution in [-0.2, 0) is 10.0 Å². The first-order valence-corrected chi connectivity index (χ1v) is 7.35. The van der Waals surface area contributed by atoms with Crippen LogP contribution in [0.25, 0.3) is 0 Å². The zero-order valence-corrected chi connectivity index (χ0v) is 12.0. The van der Waals surface area contributed by atoms with Crippen molar-refractivity contribution in [3.8, 4) is 11.5 Å². The summed E-state index contributed by atoms with van der Waals surface area (Å²) in [4.78, 5) is 0.0883. The van der Waals surface area contributed by atoms with Crippen molar-refractivity contribution in [2.24, 2.45) is 0 Å². The minimum Gasteiger partial charge on any atom is -0.497 e. The molecule has 0 spiro atoms. The summed E-state index contributed by atoms with van der Waals surface area (Å²) in [6.07, 6.45) is 0. The van der Waals surface area contributed by atoms with E-state index in [2.05, 4.69) is 4.72 Å². The Kier molecular flexibility index (Phi) is 4.14. The fourth-order valence-corrected chi connectivity index (χ4v) is 2.96. The summed E-state index contributed by atoms with van der Waals surface area (Å²) in [5, 5.41) is 0. The van der Waals surface area contributed by atoms with Gasteiger partial charge in [0.2, 0.25) is 0 Å². The Morgan fingerprint density at radius 2 is 1.70 bits per heavy atom. The van der Waals surface area contributed by atoms with Gasteiger partial charge in [-0.3, -0.25) is 4.72 Å². The van der Waals surface area contributed by atoms with Gasteiger partial charge in [0, 0.05) is 6.07 Å². The maximum absolute atomic E-state index is 12.3. The van der Waals surface area contributed by atoms with E-state index in [1.807, 2.05) is 0 Å². The highest BCUT2D eigenvalue weighted by Gasteiger charge is 2.19. The maximum Gasteiger partial charge on any atom is 0.265 e. The van der Waals surface area contributed by atoms with Gasteiger partial charge in [0.25, 0.3) is 10.0 Å². The Balaban J connectivity index is 2.35. The third-order valence-corrected chi connectivity index (χ3v) is 4.10. The smallest absolute Gasteiger partial charge is 0.265 e. The van der Waals surface area contributed by atoms with Crippen molar-refractivity contribution >= 4 is 15.7 Å². The maximum atomic E-state index is 12.3. The van der Waals surface area contributed by atoms with Crippen LogP contribution in [0.4, 0.5) is 5.69 Å². The molecule has 106 valence electrons. The molecule has 0 bridgehead atoms. The van der Waals surface area contributed by atoms with Crippen LogP contribution < -0.4 is 14.2 Å². The molecular formula is C14H15NO4S. The zero-order chi connectivity index (χ0) is 14.6. The molecule has 0 aliphatic rings. The lowest BCUT2D eigenvalue weighted by Crippen LogP contribution is -2.14. The summed E-state index contributed by atoms with van der Waals surface area (Å²) < 4.78 is 37.3. The number of sulfonamides is 1. The van der Waals surface area contributed by atoms with Crippen molar-refractivity contribution in [3.05, 3.63) is 48.5 Å². The number of ether oxygens (including phenoxy) is 2. The molecule has 0 saturated heterocycles. The predicted molar refractivity (Wildman–Crippen MR) is 76.8 cm³/mol. The number of para-hydroxylation sites is 1. The minimum absolute atomic E-state index is 0.0883. The van der Waals surface area contributed by atoms with Gasteiger partial charge in [-0.2, -0.15) is 0 Å². The number of hydrogen-bond donors (Lipinski definition) is 1. The molecule has 0 saturated carbocycles. The molecule has 0 heterocycles. The number of anilines is 1. The molecule has 1 N–H and O–H groups in total. The number of hydrogen-bond acceptors (Lipinski definition) is 4. The van der Waals surface area contributed by atoms with Crippen molar-refractivity contribution in [1.29, 1.82) is 0 Å². The lowest BCUT2D eigenvalue weighted by Gasteiger charge is -2.11. The SMILES string of the molecule is COc1cccc(NS(=O)(=O)c2ccccc2OC)c1. The average Bonchev–Trinajstić information content (AvgIpc) is 2.47. The van der Waals surface area contributed by atoms with Crippen molar-refractivity contribution in [1.82, 2.24) is 0 Å². The Morgan fingerprint density at radius 3 is 2.40 bits per heavy atom. The number of methoxy groups -OCH3 is 2. The van der Waals surface area contributed by atoms with E-state index in [9.17, 15) is 8.42 Å². The number of nitrogens with one attached hydrogen (secondary N) is 1. The molecule has 0 aromatic heterocycles. The van der Waals surface area contributed by atoms with Crippen LogP contribution in [0.1, 0.15) is 0 Å². The molecule has 0 aliphatic heterocycles. The Morgan fingerprint density at radius 1 is 0.950 bits per heavy atom. The number of rotatable bonds is 5. The monoisotopic (exact) mass is 293 g/mol. The van der Waals surface area contributed by atoms with Gasteiger partial charge in [-0.05, 0) is 24.3 Å². The third kappa shape index (κ3) is 3.03. The minimum atomic E-state index is -3.71. The summed E-state index contributed by atoms with van der Waals surface area (Å²) in [5.74, 6) is 0.869. The fraction of sp³-hybridized carbons (Fsp3) is 0.143. The van der Waals surface area contributed by atoms with E-state index in [1.54, 1.807) is 42.5 Å². The van der Waals surface area contributed by atoms with E-state index >= 15 is 0 Å². The fourth-order valence-electron chi connectivity index (χ4n) is 1.74. The third-order valence-electron chi connectivity index (χ3n) is 2.68. The van der Waals surface area contributed by atoms with Gasteiger partial charge < -0.3 is 9.47 Å². The van der Waals surface area contributed by atoms with E-state index in [0.29, 0.717) is 17.2 Å². The molecule has 5 nitrogen and oxygen atoms in total. The van der Waals surface area contributed by atoms with Crippen LogP contribution in [0.15, 0.2) is 53.4 Å². The summed E-state index contributed by atoms with van der Waals surface area (Å²) >= 11 is 0. The Hall–Kier alpha value is -2.21. The molecule has 2 rings (SSSR count). The molecule has 0 radical (unpaired) electrons. The van der Waals surface area contributed by atoms with Crippen molar-refractivity contribution < 1.29 is 17.9 Å². The predicted octanol–water partition coefficient (Wildman–Crippen LogP) is 2.50. The van der Waals surface area contributed by atoms with Crippen LogP contribution in [0.2, 0.25) is 0 Å². The molecule has 2 aromatic carbocycles. The van der Waals surface area contributed by atoms with Crippen LogP contribution >= 0.6 is 0 Å². The van der Waals surface area contributed by atoms with E-state index in [0.717, 1.165) is 0 Å². The van der Waals surface area contributed by atoms with Gasteiger partial charge in [0.15, 0.2) is 0 Å². The van der Waals surface area contributed by atoms with Crippen molar-refractivity contribution in [2.45, 2.75) is 4.90 Å². The molecule has 0 aliphatic carbocycles. The Labute approximate surface area is 118 Å². The quantitative estimate of drug-likeness (QED) is 0.920. The first-order chi connectivity index (χ1) is 9.56. The summed E-state index contributed by atoms with van der Waals surface area (Å²) in [5.41, 5.74) is 0.426. The topological polar surface area (TPSA) is 64.6 Å². The highest BCUT2D eigenvalue weighted by Crippen LogP contribution is 2.26. The molecule has 6 heteroatoms. The lowest BCUT2D eigenvalue weighted by atomic mass is 10.3. The van der Waals surface area contributed by atoms with Crippen molar-refractivity contribution in [3.63, 3.8) is 0 Å². The second-order valence-corrected chi connectivity index (χ2v) is 5.64.